The first-order chi connectivity index (χ1) is 15.4. The molecule has 166 valence electrons. The zero-order valence-corrected chi connectivity index (χ0v) is 18.7. The van der Waals surface area contributed by atoms with Crippen molar-refractivity contribution in [1.29, 1.82) is 0 Å². The smallest absolute Gasteiger partial charge is 0.253 e. The van der Waals surface area contributed by atoms with Gasteiger partial charge in [-0.15, -0.1) is 0 Å². The van der Waals surface area contributed by atoms with Gasteiger partial charge in [0.25, 0.3) is 5.91 Å². The number of hydrogen-bond donors (Lipinski definition) is 1. The van der Waals surface area contributed by atoms with Crippen LogP contribution in [0.5, 0.6) is 0 Å². The van der Waals surface area contributed by atoms with E-state index in [9.17, 15) is 9.59 Å². The van der Waals surface area contributed by atoms with Crippen molar-refractivity contribution >= 4 is 17.5 Å². The van der Waals surface area contributed by atoms with Crippen molar-refractivity contribution in [2.45, 2.75) is 46.0 Å². The van der Waals surface area contributed by atoms with Gasteiger partial charge in [-0.05, 0) is 62.1 Å². The minimum absolute atomic E-state index is 0.00321. The van der Waals surface area contributed by atoms with Gasteiger partial charge in [0, 0.05) is 36.3 Å². The first-order valence-corrected chi connectivity index (χ1v) is 11.0. The quantitative estimate of drug-likeness (QED) is 0.630. The number of nitrogens with zero attached hydrogens (tertiary/aromatic N) is 3. The van der Waals surface area contributed by atoms with Gasteiger partial charge >= 0.3 is 0 Å². The maximum atomic E-state index is 13.0. The number of benzene rings is 2. The van der Waals surface area contributed by atoms with Crippen LogP contribution in [0.3, 0.4) is 0 Å². The largest absolute Gasteiger partial charge is 0.339 e. The third-order valence-corrected chi connectivity index (χ3v) is 5.98. The molecule has 4 rings (SSSR count). The van der Waals surface area contributed by atoms with Crippen LogP contribution in [-0.4, -0.2) is 39.9 Å². The first kappa shape index (κ1) is 21.7. The van der Waals surface area contributed by atoms with Gasteiger partial charge < -0.3 is 14.7 Å². The van der Waals surface area contributed by atoms with Gasteiger partial charge in [0.1, 0.15) is 0 Å². The molecule has 1 N–H and O–H groups in total. The Labute approximate surface area is 187 Å². The summed E-state index contributed by atoms with van der Waals surface area (Å²) in [6.07, 6.45) is 2.19. The fraction of sp³-hybridized carbons (Fsp3) is 0.360. The molecule has 1 aliphatic heterocycles. The minimum Gasteiger partial charge on any atom is -0.339 e. The number of hydrogen-bond acceptors (Lipinski definition) is 5. The normalized spacial score (nSPS) is 16.1. The number of anilines is 1. The van der Waals surface area contributed by atoms with Crippen LogP contribution >= 0.6 is 0 Å². The van der Waals surface area contributed by atoms with E-state index in [0.29, 0.717) is 35.9 Å². The number of rotatable bonds is 5. The number of aryl methyl sites for hydroxylation is 2. The van der Waals surface area contributed by atoms with E-state index in [1.807, 2.05) is 68.1 Å². The first-order valence-electron chi connectivity index (χ1n) is 11.0. The molecule has 0 saturated carbocycles. The minimum atomic E-state index is -0.0494. The predicted molar refractivity (Wildman–Crippen MR) is 122 cm³/mol. The van der Waals surface area contributed by atoms with E-state index >= 15 is 0 Å². The summed E-state index contributed by atoms with van der Waals surface area (Å²) in [5.41, 5.74) is 4.47. The third kappa shape index (κ3) is 4.72. The molecule has 1 aromatic heterocycles. The highest BCUT2D eigenvalue weighted by Crippen LogP contribution is 2.29. The van der Waals surface area contributed by atoms with E-state index in [0.717, 1.165) is 30.5 Å². The molecule has 2 heterocycles. The molecule has 0 spiro atoms. The number of likely N-dealkylation sites (tertiary alicyclic amines) is 1. The molecule has 2 amide bonds. The van der Waals surface area contributed by atoms with Crippen LogP contribution in [0, 0.1) is 13.8 Å². The molecule has 0 bridgehead atoms. The van der Waals surface area contributed by atoms with E-state index in [4.69, 9.17) is 4.52 Å². The zero-order chi connectivity index (χ0) is 22.7. The average Bonchev–Trinajstić information content (AvgIpc) is 3.31. The zero-order valence-electron chi connectivity index (χ0n) is 18.7. The molecule has 0 aliphatic carbocycles. The molecule has 3 aromatic rings. The van der Waals surface area contributed by atoms with Crippen LogP contribution in [-0.2, 0) is 4.79 Å². The highest BCUT2D eigenvalue weighted by atomic mass is 16.5. The van der Waals surface area contributed by atoms with E-state index < -0.39 is 0 Å². The lowest BCUT2D eigenvalue weighted by molar-refractivity contribution is -0.115. The van der Waals surface area contributed by atoms with Gasteiger partial charge in [-0.1, -0.05) is 30.3 Å². The fourth-order valence-corrected chi connectivity index (χ4v) is 3.92. The molecule has 7 nitrogen and oxygen atoms in total. The van der Waals surface area contributed by atoms with Gasteiger partial charge in [0.15, 0.2) is 0 Å². The van der Waals surface area contributed by atoms with Crippen molar-refractivity contribution in [3.63, 3.8) is 0 Å². The second-order valence-electron chi connectivity index (χ2n) is 8.33. The molecule has 7 heteroatoms. The number of nitrogens with one attached hydrogen (secondary N) is 1. The van der Waals surface area contributed by atoms with E-state index in [-0.39, 0.29) is 17.7 Å². The molecule has 1 atom stereocenters. The van der Waals surface area contributed by atoms with Crippen LogP contribution in [0.25, 0.3) is 11.4 Å². The summed E-state index contributed by atoms with van der Waals surface area (Å²) in [7, 11) is 0. The van der Waals surface area contributed by atoms with Gasteiger partial charge in [-0.3, -0.25) is 9.59 Å². The monoisotopic (exact) mass is 432 g/mol. The molecule has 0 radical (unpaired) electrons. The second kappa shape index (κ2) is 9.34. The summed E-state index contributed by atoms with van der Waals surface area (Å²) in [6, 6.07) is 13.2. The fourth-order valence-electron chi connectivity index (χ4n) is 3.92. The van der Waals surface area contributed by atoms with Crippen LogP contribution in [0.4, 0.5) is 5.69 Å². The Hall–Kier alpha value is -3.48. The lowest BCUT2D eigenvalue weighted by Crippen LogP contribution is -2.39. The standard InChI is InChI=1S/C25H28N4O3/c1-4-22(30)26-21-9-5-7-18(14-21)23-27-24(32-28-23)20-8-6-12-29(15-20)25(31)19-11-10-16(2)17(3)13-19/h5,7,9-11,13-14,20H,4,6,8,12,15H2,1-3H3,(H,26,30)/t20-/m1/s1. The van der Waals surface area contributed by atoms with E-state index in [2.05, 4.69) is 15.5 Å². The molecular weight excluding hydrogens is 404 g/mol. The number of carbonyl (C=O) groups is 2. The number of amides is 2. The van der Waals surface area contributed by atoms with Crippen molar-refractivity contribution in [3.8, 4) is 11.4 Å². The Morgan fingerprint density at radius 1 is 1.16 bits per heavy atom. The van der Waals surface area contributed by atoms with Crippen LogP contribution in [0.15, 0.2) is 47.0 Å². The Morgan fingerprint density at radius 2 is 2.00 bits per heavy atom. The molecule has 0 unspecified atom stereocenters. The Balaban J connectivity index is 1.48. The molecule has 1 aliphatic rings. The van der Waals surface area contributed by atoms with Crippen molar-refractivity contribution < 1.29 is 14.1 Å². The van der Waals surface area contributed by atoms with E-state index in [1.54, 1.807) is 0 Å². The lowest BCUT2D eigenvalue weighted by Gasteiger charge is -2.31. The molecule has 1 saturated heterocycles. The maximum Gasteiger partial charge on any atom is 0.253 e. The van der Waals surface area contributed by atoms with Gasteiger partial charge in [-0.25, -0.2) is 0 Å². The Kier molecular flexibility index (Phi) is 6.35. The van der Waals surface area contributed by atoms with Crippen molar-refractivity contribution in [2.75, 3.05) is 18.4 Å². The Morgan fingerprint density at radius 3 is 2.78 bits per heavy atom. The third-order valence-electron chi connectivity index (χ3n) is 5.98. The molecule has 32 heavy (non-hydrogen) atoms. The number of piperidine rings is 1. The summed E-state index contributed by atoms with van der Waals surface area (Å²) in [5, 5.41) is 6.99. The van der Waals surface area contributed by atoms with Crippen molar-refractivity contribution in [3.05, 3.63) is 65.0 Å². The number of carbonyl (C=O) groups excluding carboxylic acids is 2. The van der Waals surface area contributed by atoms with E-state index in [1.165, 1.54) is 5.56 Å². The molecule has 2 aromatic carbocycles. The van der Waals surface area contributed by atoms with Crippen molar-refractivity contribution in [2.24, 2.45) is 0 Å². The van der Waals surface area contributed by atoms with Gasteiger partial charge in [0.2, 0.25) is 17.6 Å². The lowest BCUT2D eigenvalue weighted by atomic mass is 9.96. The van der Waals surface area contributed by atoms with Crippen LogP contribution < -0.4 is 5.32 Å². The van der Waals surface area contributed by atoms with Crippen molar-refractivity contribution in [1.82, 2.24) is 15.0 Å². The topological polar surface area (TPSA) is 88.3 Å². The second-order valence-corrected chi connectivity index (χ2v) is 8.33. The molecular formula is C25H28N4O3. The molecule has 1 fully saturated rings. The summed E-state index contributed by atoms with van der Waals surface area (Å²) < 4.78 is 5.58. The van der Waals surface area contributed by atoms with Crippen LogP contribution in [0.2, 0.25) is 0 Å². The highest BCUT2D eigenvalue weighted by Gasteiger charge is 2.29. The summed E-state index contributed by atoms with van der Waals surface area (Å²) >= 11 is 0. The van der Waals surface area contributed by atoms with Gasteiger partial charge in [0.05, 0.1) is 5.92 Å². The summed E-state index contributed by atoms with van der Waals surface area (Å²) in [6.45, 7) is 7.15. The number of aromatic nitrogens is 2. The Bertz CT molecular complexity index is 1140. The average molecular weight is 433 g/mol. The van der Waals surface area contributed by atoms with Crippen LogP contribution in [0.1, 0.15) is 59.5 Å². The SMILES string of the molecule is CCC(=O)Nc1cccc(-c2noc([C@@H]3CCCN(C(=O)c4ccc(C)c(C)c4)C3)n2)c1. The summed E-state index contributed by atoms with van der Waals surface area (Å²) in [5.74, 6) is 1.01. The summed E-state index contributed by atoms with van der Waals surface area (Å²) in [4.78, 5) is 31.2. The maximum absolute atomic E-state index is 13.0. The van der Waals surface area contributed by atoms with Gasteiger partial charge in [-0.2, -0.15) is 4.98 Å². The predicted octanol–water partition coefficient (Wildman–Crippen LogP) is 4.72. The highest BCUT2D eigenvalue weighted by molar-refractivity contribution is 5.94.